The molecule has 2 heterocycles. The number of rotatable bonds is 10. The highest BCUT2D eigenvalue weighted by molar-refractivity contribution is 5.94. The molecular weight excluding hydrogens is 450 g/mol. The zero-order valence-electron chi connectivity index (χ0n) is 20.1. The number of carbonyl (C=O) groups is 1. The van der Waals surface area contributed by atoms with Gasteiger partial charge in [0.15, 0.2) is 11.6 Å². The van der Waals surface area contributed by atoms with Crippen LogP contribution in [0.15, 0.2) is 54.6 Å². The van der Waals surface area contributed by atoms with Crippen LogP contribution in [0.4, 0.5) is 8.78 Å². The topological polar surface area (TPSA) is 50.6 Å². The van der Waals surface area contributed by atoms with Crippen LogP contribution in [-0.2, 0) is 17.8 Å². The van der Waals surface area contributed by atoms with Crippen molar-refractivity contribution < 1.29 is 18.3 Å². The molecule has 0 atom stereocenters. The van der Waals surface area contributed by atoms with Crippen LogP contribution in [0.5, 0.6) is 0 Å². The van der Waals surface area contributed by atoms with Crippen molar-refractivity contribution in [1.82, 2.24) is 19.4 Å². The van der Waals surface area contributed by atoms with Gasteiger partial charge in [-0.15, -0.1) is 0 Å². The quantitative estimate of drug-likeness (QED) is 0.395. The van der Waals surface area contributed by atoms with Crippen LogP contribution in [-0.4, -0.2) is 64.7 Å². The van der Waals surface area contributed by atoms with Crippen LogP contribution < -0.4 is 0 Å². The second-order valence-corrected chi connectivity index (χ2v) is 8.69. The summed E-state index contributed by atoms with van der Waals surface area (Å²) in [6.07, 6.45) is 5.88. The van der Waals surface area contributed by atoms with Crippen molar-refractivity contribution in [2.45, 2.75) is 32.9 Å². The number of hydrogen-bond acceptors (Lipinski definition) is 4. The molecule has 0 aliphatic carbocycles. The van der Waals surface area contributed by atoms with Gasteiger partial charge in [0, 0.05) is 32.7 Å². The van der Waals surface area contributed by atoms with Crippen molar-refractivity contribution >= 4 is 16.9 Å². The van der Waals surface area contributed by atoms with Gasteiger partial charge >= 0.3 is 0 Å². The Labute approximate surface area is 204 Å². The van der Waals surface area contributed by atoms with Crippen molar-refractivity contribution in [2.24, 2.45) is 0 Å². The van der Waals surface area contributed by atoms with Gasteiger partial charge in [0.2, 0.25) is 0 Å². The minimum atomic E-state index is -1.11. The second-order valence-electron chi connectivity index (χ2n) is 8.69. The lowest BCUT2D eigenvalue weighted by molar-refractivity contribution is 0.0434. The Hall–Kier alpha value is -3.10. The molecule has 3 aromatic rings. The van der Waals surface area contributed by atoms with Crippen LogP contribution >= 0.6 is 0 Å². The Bertz CT molecular complexity index is 1170. The predicted molar refractivity (Wildman–Crippen MR) is 132 cm³/mol. The summed E-state index contributed by atoms with van der Waals surface area (Å²) in [5, 5.41) is 0. The van der Waals surface area contributed by atoms with Gasteiger partial charge in [0.05, 0.1) is 36.4 Å². The maximum Gasteiger partial charge on any atom is 0.257 e. The van der Waals surface area contributed by atoms with Crippen LogP contribution in [0.3, 0.4) is 0 Å². The zero-order valence-corrected chi connectivity index (χ0v) is 20.1. The molecule has 8 heteroatoms. The van der Waals surface area contributed by atoms with E-state index in [-0.39, 0.29) is 12.1 Å². The number of morpholine rings is 1. The molecule has 1 saturated heterocycles. The van der Waals surface area contributed by atoms with Crippen molar-refractivity contribution in [3.8, 4) is 0 Å². The molecular formula is C27H32F2N4O2. The SMILES string of the molecule is CCCCN(Cc1nc2ccccc2n1C/C=C\CN1CCOCC1)C(=O)c1cccc(F)c1F. The van der Waals surface area contributed by atoms with Gasteiger partial charge in [-0.25, -0.2) is 13.8 Å². The normalized spacial score (nSPS) is 14.7. The van der Waals surface area contributed by atoms with Crippen molar-refractivity contribution in [1.29, 1.82) is 0 Å². The third kappa shape index (κ3) is 6.13. The molecule has 0 radical (unpaired) electrons. The number of nitrogens with zero attached hydrogens (tertiary/aromatic N) is 4. The number of benzene rings is 2. The number of hydrogen-bond donors (Lipinski definition) is 0. The molecule has 1 aromatic heterocycles. The summed E-state index contributed by atoms with van der Waals surface area (Å²) in [5.41, 5.74) is 1.55. The highest BCUT2D eigenvalue weighted by atomic mass is 19.2. The molecule has 1 aliphatic rings. The summed E-state index contributed by atoms with van der Waals surface area (Å²) in [7, 11) is 0. The minimum absolute atomic E-state index is 0.209. The Morgan fingerprint density at radius 2 is 1.86 bits per heavy atom. The molecule has 1 amide bonds. The van der Waals surface area contributed by atoms with Gasteiger partial charge in [-0.1, -0.05) is 43.7 Å². The number of allylic oxidation sites excluding steroid dienone is 1. The second kappa shape index (κ2) is 12.0. The molecule has 186 valence electrons. The van der Waals surface area contributed by atoms with Crippen LogP contribution in [0.2, 0.25) is 0 Å². The molecule has 0 saturated carbocycles. The first-order valence-corrected chi connectivity index (χ1v) is 12.2. The number of aromatic nitrogens is 2. The summed E-state index contributed by atoms with van der Waals surface area (Å²) in [4.78, 5) is 21.9. The van der Waals surface area contributed by atoms with Gasteiger partial charge in [-0.3, -0.25) is 9.69 Å². The van der Waals surface area contributed by atoms with E-state index in [9.17, 15) is 13.6 Å². The zero-order chi connectivity index (χ0) is 24.6. The molecule has 2 aromatic carbocycles. The monoisotopic (exact) mass is 482 g/mol. The van der Waals surface area contributed by atoms with E-state index in [2.05, 4.69) is 21.6 Å². The number of para-hydroxylation sites is 2. The first-order chi connectivity index (χ1) is 17.1. The van der Waals surface area contributed by atoms with E-state index >= 15 is 0 Å². The number of amides is 1. The van der Waals surface area contributed by atoms with Crippen molar-refractivity contribution in [2.75, 3.05) is 39.4 Å². The summed E-state index contributed by atoms with van der Waals surface area (Å²) in [6.45, 7) is 7.50. The number of fused-ring (bicyclic) bond motifs is 1. The highest BCUT2D eigenvalue weighted by Gasteiger charge is 2.23. The lowest BCUT2D eigenvalue weighted by atomic mass is 10.1. The van der Waals surface area contributed by atoms with E-state index in [1.165, 1.54) is 12.1 Å². The summed E-state index contributed by atoms with van der Waals surface area (Å²) in [5.74, 6) is -1.96. The fraction of sp³-hybridized carbons (Fsp3) is 0.407. The number of imidazole rings is 1. The van der Waals surface area contributed by atoms with E-state index in [4.69, 9.17) is 9.72 Å². The number of ether oxygens (including phenoxy) is 1. The molecule has 0 bridgehead atoms. The fourth-order valence-corrected chi connectivity index (χ4v) is 4.25. The molecule has 0 unspecified atom stereocenters. The smallest absolute Gasteiger partial charge is 0.257 e. The van der Waals surface area contributed by atoms with Crippen molar-refractivity contribution in [3.63, 3.8) is 0 Å². The van der Waals surface area contributed by atoms with Gasteiger partial charge in [0.25, 0.3) is 5.91 Å². The summed E-state index contributed by atoms with van der Waals surface area (Å²) < 4.78 is 35.7. The Morgan fingerprint density at radius 1 is 1.09 bits per heavy atom. The first-order valence-electron chi connectivity index (χ1n) is 12.2. The van der Waals surface area contributed by atoms with Crippen LogP contribution in [0.25, 0.3) is 11.0 Å². The predicted octanol–water partition coefficient (Wildman–Crippen LogP) is 4.65. The maximum atomic E-state index is 14.4. The van der Waals surface area contributed by atoms with Gasteiger partial charge < -0.3 is 14.2 Å². The van der Waals surface area contributed by atoms with Gasteiger partial charge in [0.1, 0.15) is 5.82 Å². The number of halogens is 2. The molecule has 35 heavy (non-hydrogen) atoms. The molecule has 1 fully saturated rings. The number of carbonyl (C=O) groups excluding carboxylic acids is 1. The third-order valence-electron chi connectivity index (χ3n) is 6.24. The molecule has 0 N–H and O–H groups in total. The first kappa shape index (κ1) is 25.0. The van der Waals surface area contributed by atoms with Gasteiger partial charge in [-0.05, 0) is 30.7 Å². The lowest BCUT2D eigenvalue weighted by Gasteiger charge is -2.25. The van der Waals surface area contributed by atoms with Gasteiger partial charge in [-0.2, -0.15) is 0 Å². The van der Waals surface area contributed by atoms with Crippen molar-refractivity contribution in [3.05, 3.63) is 77.6 Å². The highest BCUT2D eigenvalue weighted by Crippen LogP contribution is 2.20. The standard InChI is InChI=1S/C27H32F2N4O2/c1-2-3-14-32(27(34)21-9-8-10-22(28)26(21)29)20-25-30-23-11-4-5-12-24(23)33(25)15-7-6-13-31-16-18-35-19-17-31/h4-12H,2-3,13-20H2,1H3/b7-6-. The van der Waals surface area contributed by atoms with E-state index < -0.39 is 17.5 Å². The van der Waals surface area contributed by atoms with E-state index in [0.717, 1.165) is 62.8 Å². The maximum absolute atomic E-state index is 14.4. The largest absolute Gasteiger partial charge is 0.379 e. The van der Waals surface area contributed by atoms with E-state index in [1.54, 1.807) is 4.90 Å². The Kier molecular flexibility index (Phi) is 8.60. The molecule has 1 aliphatic heterocycles. The average Bonchev–Trinajstić information content (AvgIpc) is 3.23. The molecule has 4 rings (SSSR count). The Morgan fingerprint density at radius 3 is 2.66 bits per heavy atom. The third-order valence-corrected chi connectivity index (χ3v) is 6.24. The Balaban J connectivity index is 1.57. The molecule has 6 nitrogen and oxygen atoms in total. The van der Waals surface area contributed by atoms with Crippen LogP contribution in [0, 0.1) is 11.6 Å². The van der Waals surface area contributed by atoms with Crippen LogP contribution in [0.1, 0.15) is 35.9 Å². The minimum Gasteiger partial charge on any atom is -0.379 e. The fourth-order valence-electron chi connectivity index (χ4n) is 4.25. The van der Waals surface area contributed by atoms with E-state index in [1.807, 2.05) is 31.2 Å². The lowest BCUT2D eigenvalue weighted by Crippen LogP contribution is -2.36. The summed E-state index contributed by atoms with van der Waals surface area (Å²) >= 11 is 0. The number of unbranched alkanes of at least 4 members (excludes halogenated alkanes) is 1. The average molecular weight is 483 g/mol. The van der Waals surface area contributed by atoms with E-state index in [0.29, 0.717) is 18.9 Å². The summed E-state index contributed by atoms with van der Waals surface area (Å²) in [6, 6.07) is 11.5. The molecule has 0 spiro atoms.